The lowest BCUT2D eigenvalue weighted by molar-refractivity contribution is -0.122. The van der Waals surface area contributed by atoms with Crippen molar-refractivity contribution in [3.05, 3.63) is 60.2 Å². The Hall–Kier alpha value is -2.17. The number of benzene rings is 2. The molecule has 0 aliphatic rings. The van der Waals surface area contributed by atoms with E-state index in [2.05, 4.69) is 10.0 Å². The van der Waals surface area contributed by atoms with Crippen molar-refractivity contribution < 1.29 is 26.7 Å². The molecule has 0 saturated carbocycles. The summed E-state index contributed by atoms with van der Waals surface area (Å²) >= 11 is 1.45. The van der Waals surface area contributed by atoms with Crippen molar-refractivity contribution in [2.45, 2.75) is 17.4 Å². The van der Waals surface area contributed by atoms with Crippen LogP contribution in [0.3, 0.4) is 0 Å². The number of halogens is 2. The minimum Gasteiger partial charge on any atom is -0.492 e. The van der Waals surface area contributed by atoms with Gasteiger partial charge in [0.15, 0.2) is 0 Å². The fraction of sp³-hybridized carbons (Fsp3) is 0.316. The zero-order chi connectivity index (χ0) is 21.3. The quantitative estimate of drug-likeness (QED) is 0.521. The molecule has 0 aromatic heterocycles. The van der Waals surface area contributed by atoms with E-state index in [1.54, 1.807) is 0 Å². The average Bonchev–Trinajstić information content (AvgIpc) is 2.69. The molecule has 1 unspecified atom stereocenters. The standard InChI is InChI=1S/C19H22F2N2O4S2/c1-28-13-10-17(23-29(25,26)18-5-3-2-4-16(18)21)19(24)22-11-12-27-15-8-6-14(20)7-9-15/h2-9,17,23H,10-13H2,1H3,(H,22,24). The third-order valence-electron chi connectivity index (χ3n) is 3.83. The normalized spacial score (nSPS) is 12.4. The first-order valence-electron chi connectivity index (χ1n) is 8.75. The molecule has 2 aromatic carbocycles. The molecule has 0 fully saturated rings. The van der Waals surface area contributed by atoms with Crippen LogP contribution in [0.15, 0.2) is 53.4 Å². The zero-order valence-electron chi connectivity index (χ0n) is 15.7. The van der Waals surface area contributed by atoms with E-state index in [4.69, 9.17) is 4.74 Å². The van der Waals surface area contributed by atoms with Gasteiger partial charge in [-0.2, -0.15) is 16.5 Å². The molecule has 2 rings (SSSR count). The Balaban J connectivity index is 1.94. The van der Waals surface area contributed by atoms with Gasteiger partial charge in [0.25, 0.3) is 0 Å². The Morgan fingerprint density at radius 3 is 2.48 bits per heavy atom. The van der Waals surface area contributed by atoms with E-state index < -0.39 is 32.7 Å². The summed E-state index contributed by atoms with van der Waals surface area (Å²) in [7, 11) is -4.21. The number of amides is 1. The van der Waals surface area contributed by atoms with Crippen LogP contribution in [0.2, 0.25) is 0 Å². The number of hydrogen-bond acceptors (Lipinski definition) is 5. The lowest BCUT2D eigenvalue weighted by Crippen LogP contribution is -2.47. The summed E-state index contributed by atoms with van der Waals surface area (Å²) in [4.78, 5) is 11.9. The number of nitrogens with one attached hydrogen (secondary N) is 2. The SMILES string of the molecule is CSCCC(NS(=O)(=O)c1ccccc1F)C(=O)NCCOc1ccc(F)cc1. The van der Waals surface area contributed by atoms with Gasteiger partial charge in [0.1, 0.15) is 34.9 Å². The second-order valence-corrected chi connectivity index (χ2v) is 8.65. The summed E-state index contributed by atoms with van der Waals surface area (Å²) < 4.78 is 59.3. The van der Waals surface area contributed by atoms with Gasteiger partial charge in [-0.15, -0.1) is 0 Å². The lowest BCUT2D eigenvalue weighted by atomic mass is 10.2. The van der Waals surface area contributed by atoms with Gasteiger partial charge in [0.05, 0.1) is 6.54 Å². The predicted octanol–water partition coefficient (Wildman–Crippen LogP) is 2.56. The van der Waals surface area contributed by atoms with Crippen molar-refractivity contribution in [3.8, 4) is 5.75 Å². The van der Waals surface area contributed by atoms with Crippen LogP contribution in [0.25, 0.3) is 0 Å². The third-order valence-corrected chi connectivity index (χ3v) is 5.98. The molecule has 158 valence electrons. The number of carbonyl (C=O) groups excluding carboxylic acids is 1. The van der Waals surface area contributed by atoms with E-state index in [0.29, 0.717) is 11.5 Å². The second-order valence-electron chi connectivity index (χ2n) is 5.98. The van der Waals surface area contributed by atoms with Crippen LogP contribution in [0.4, 0.5) is 8.78 Å². The van der Waals surface area contributed by atoms with Crippen LogP contribution in [-0.2, 0) is 14.8 Å². The average molecular weight is 445 g/mol. The van der Waals surface area contributed by atoms with Gasteiger partial charge in [0.2, 0.25) is 15.9 Å². The van der Waals surface area contributed by atoms with E-state index in [9.17, 15) is 22.0 Å². The monoisotopic (exact) mass is 444 g/mol. The van der Waals surface area contributed by atoms with Crippen molar-refractivity contribution in [1.29, 1.82) is 0 Å². The molecule has 6 nitrogen and oxygen atoms in total. The topological polar surface area (TPSA) is 84.5 Å². The van der Waals surface area contributed by atoms with Crippen molar-refractivity contribution in [2.75, 3.05) is 25.2 Å². The summed E-state index contributed by atoms with van der Waals surface area (Å²) in [6.45, 7) is 0.236. The van der Waals surface area contributed by atoms with E-state index in [0.717, 1.165) is 12.1 Å². The molecule has 29 heavy (non-hydrogen) atoms. The highest BCUT2D eigenvalue weighted by Gasteiger charge is 2.27. The maximum Gasteiger partial charge on any atom is 0.244 e. The molecule has 0 spiro atoms. The van der Waals surface area contributed by atoms with Crippen molar-refractivity contribution in [3.63, 3.8) is 0 Å². The number of sulfonamides is 1. The highest BCUT2D eigenvalue weighted by Crippen LogP contribution is 2.15. The van der Waals surface area contributed by atoms with Crippen LogP contribution in [-0.4, -0.2) is 45.5 Å². The molecule has 2 aromatic rings. The van der Waals surface area contributed by atoms with E-state index in [1.807, 2.05) is 6.26 Å². The first kappa shape index (κ1) is 23.1. The summed E-state index contributed by atoms with van der Waals surface area (Å²) in [6.07, 6.45) is 2.07. The molecule has 2 N–H and O–H groups in total. The fourth-order valence-electron chi connectivity index (χ4n) is 2.39. The zero-order valence-corrected chi connectivity index (χ0v) is 17.4. The number of ether oxygens (including phenoxy) is 1. The van der Waals surface area contributed by atoms with E-state index >= 15 is 0 Å². The maximum atomic E-state index is 13.9. The van der Waals surface area contributed by atoms with Crippen LogP contribution in [0.5, 0.6) is 5.75 Å². The first-order chi connectivity index (χ1) is 13.8. The van der Waals surface area contributed by atoms with Crippen LogP contribution in [0, 0.1) is 11.6 Å². The minimum absolute atomic E-state index is 0.118. The molecule has 0 heterocycles. The molecule has 0 aliphatic carbocycles. The molecule has 0 aliphatic heterocycles. The Morgan fingerprint density at radius 2 is 1.83 bits per heavy atom. The summed E-state index contributed by atoms with van der Waals surface area (Å²) in [5.41, 5.74) is 0. The number of carbonyl (C=O) groups is 1. The van der Waals surface area contributed by atoms with Crippen molar-refractivity contribution >= 4 is 27.7 Å². The van der Waals surface area contributed by atoms with Crippen molar-refractivity contribution in [1.82, 2.24) is 10.0 Å². The molecule has 0 radical (unpaired) electrons. The largest absolute Gasteiger partial charge is 0.492 e. The first-order valence-corrected chi connectivity index (χ1v) is 11.6. The highest BCUT2D eigenvalue weighted by atomic mass is 32.2. The molecule has 1 amide bonds. The lowest BCUT2D eigenvalue weighted by Gasteiger charge is -2.18. The molecule has 0 bridgehead atoms. The highest BCUT2D eigenvalue weighted by molar-refractivity contribution is 7.98. The van der Waals surface area contributed by atoms with E-state index in [1.165, 1.54) is 48.2 Å². The smallest absolute Gasteiger partial charge is 0.244 e. The Labute approximate surface area is 173 Å². The number of thioether (sulfide) groups is 1. The van der Waals surface area contributed by atoms with Gasteiger partial charge in [-0.1, -0.05) is 12.1 Å². The minimum atomic E-state index is -4.21. The fourth-order valence-corrected chi connectivity index (χ4v) is 4.17. The van der Waals surface area contributed by atoms with Crippen LogP contribution >= 0.6 is 11.8 Å². The summed E-state index contributed by atoms with van der Waals surface area (Å²) in [6, 6.07) is 9.33. The molecule has 1 atom stereocenters. The molecule has 10 heteroatoms. The molecular weight excluding hydrogens is 422 g/mol. The van der Waals surface area contributed by atoms with Gasteiger partial charge in [-0.25, -0.2) is 17.2 Å². The second kappa shape index (κ2) is 11.1. The molecular formula is C19H22F2N2O4S2. The summed E-state index contributed by atoms with van der Waals surface area (Å²) in [5, 5.41) is 2.59. The Bertz CT molecular complexity index is 909. The van der Waals surface area contributed by atoms with Crippen LogP contribution in [0.1, 0.15) is 6.42 Å². The van der Waals surface area contributed by atoms with Crippen molar-refractivity contribution in [2.24, 2.45) is 0 Å². The predicted molar refractivity (Wildman–Crippen MR) is 108 cm³/mol. The van der Waals surface area contributed by atoms with Gasteiger partial charge < -0.3 is 10.1 Å². The third kappa shape index (κ3) is 7.30. The number of rotatable bonds is 11. The molecule has 0 saturated heterocycles. The number of hydrogen-bond donors (Lipinski definition) is 2. The summed E-state index contributed by atoms with van der Waals surface area (Å²) in [5.74, 6) is -0.841. The van der Waals surface area contributed by atoms with Gasteiger partial charge in [0, 0.05) is 0 Å². The van der Waals surface area contributed by atoms with Gasteiger partial charge >= 0.3 is 0 Å². The van der Waals surface area contributed by atoms with E-state index in [-0.39, 0.29) is 25.4 Å². The Morgan fingerprint density at radius 1 is 1.14 bits per heavy atom. The van der Waals surface area contributed by atoms with Crippen LogP contribution < -0.4 is 14.8 Å². The van der Waals surface area contributed by atoms with Gasteiger partial charge in [-0.05, 0) is 54.8 Å². The maximum absolute atomic E-state index is 13.9. The van der Waals surface area contributed by atoms with Gasteiger partial charge in [-0.3, -0.25) is 4.79 Å². The Kier molecular flexibility index (Phi) is 8.87.